The van der Waals surface area contributed by atoms with E-state index in [4.69, 9.17) is 27.9 Å². The van der Waals surface area contributed by atoms with E-state index >= 15 is 0 Å². The van der Waals surface area contributed by atoms with Gasteiger partial charge in [-0.05, 0) is 48.2 Å². The van der Waals surface area contributed by atoms with Crippen molar-refractivity contribution in [1.29, 1.82) is 0 Å². The topological polar surface area (TPSA) is 95.9 Å². The van der Waals surface area contributed by atoms with E-state index in [1.807, 2.05) is 24.3 Å². The molecule has 0 radical (unpaired) electrons. The van der Waals surface area contributed by atoms with Crippen molar-refractivity contribution in [2.45, 2.75) is 44.9 Å². The van der Waals surface area contributed by atoms with E-state index in [9.17, 15) is 19.8 Å². The van der Waals surface area contributed by atoms with Crippen LogP contribution in [0.15, 0.2) is 42.5 Å². The summed E-state index contributed by atoms with van der Waals surface area (Å²) in [6, 6.07) is 11.8. The lowest BCUT2D eigenvalue weighted by Crippen LogP contribution is -2.52. The number of aliphatic hydroxyl groups excluding tert-OH is 2. The summed E-state index contributed by atoms with van der Waals surface area (Å²) in [4.78, 5) is 23.7. The first kappa shape index (κ1) is 24.2. The maximum atomic E-state index is 11.9. The fraction of sp³-hybridized carbons (Fsp3) is 0.364. The van der Waals surface area contributed by atoms with Gasteiger partial charge in [0.15, 0.2) is 6.10 Å². The first-order valence-electron chi connectivity index (χ1n) is 9.62. The van der Waals surface area contributed by atoms with Crippen molar-refractivity contribution in [3.63, 3.8) is 0 Å². The molecule has 0 spiro atoms. The maximum absolute atomic E-state index is 11.9. The zero-order valence-corrected chi connectivity index (χ0v) is 18.3. The van der Waals surface area contributed by atoms with Gasteiger partial charge in [0, 0.05) is 16.5 Å². The van der Waals surface area contributed by atoms with Crippen LogP contribution in [0.25, 0.3) is 11.1 Å². The number of carbonyl (C=O) groups excluding carboxylic acids is 2. The number of hydrogen-bond donors (Lipinski definition) is 3. The second-order valence-electron chi connectivity index (χ2n) is 6.77. The Bertz CT molecular complexity index is 852. The Balaban J connectivity index is 2.20. The lowest BCUT2D eigenvalue weighted by Gasteiger charge is -2.27. The van der Waals surface area contributed by atoms with Crippen molar-refractivity contribution in [3.05, 3.63) is 58.1 Å². The summed E-state index contributed by atoms with van der Waals surface area (Å²) in [5, 5.41) is 24.3. The van der Waals surface area contributed by atoms with E-state index in [2.05, 4.69) is 5.32 Å². The molecule has 30 heavy (non-hydrogen) atoms. The summed E-state index contributed by atoms with van der Waals surface area (Å²) in [5.41, 5.74) is 2.54. The molecule has 0 saturated carbocycles. The van der Waals surface area contributed by atoms with Gasteiger partial charge in [0.2, 0.25) is 5.91 Å². The second kappa shape index (κ2) is 11.3. The Labute approximate surface area is 185 Å². The molecule has 2 rings (SSSR count). The molecular weight excluding hydrogens is 429 g/mol. The second-order valence-corrected chi connectivity index (χ2v) is 7.65. The molecule has 0 fully saturated rings. The summed E-state index contributed by atoms with van der Waals surface area (Å²) in [7, 11) is 0. The maximum Gasteiger partial charge on any atom is 0.337 e. The van der Waals surface area contributed by atoms with Crippen LogP contribution in [-0.2, 0) is 20.7 Å². The van der Waals surface area contributed by atoms with Crippen molar-refractivity contribution < 1.29 is 24.5 Å². The zero-order valence-electron chi connectivity index (χ0n) is 16.8. The minimum Gasteiger partial charge on any atom is -0.464 e. The Kier molecular flexibility index (Phi) is 9.11. The molecule has 2 aromatic carbocycles. The molecular formula is C22H25Cl2NO5. The molecule has 0 aliphatic rings. The molecule has 0 heterocycles. The van der Waals surface area contributed by atoms with Crippen molar-refractivity contribution in [1.82, 2.24) is 5.32 Å². The van der Waals surface area contributed by atoms with E-state index in [1.54, 1.807) is 32.0 Å². The quantitative estimate of drug-likeness (QED) is 0.505. The van der Waals surface area contributed by atoms with E-state index < -0.39 is 24.2 Å². The van der Waals surface area contributed by atoms with Crippen LogP contribution in [0.4, 0.5) is 0 Å². The van der Waals surface area contributed by atoms with Gasteiger partial charge in [-0.25, -0.2) is 4.79 Å². The molecule has 0 aromatic heterocycles. The van der Waals surface area contributed by atoms with Gasteiger partial charge in [0.05, 0.1) is 12.6 Å². The Morgan fingerprint density at radius 1 is 1.00 bits per heavy atom. The largest absolute Gasteiger partial charge is 0.464 e. The fourth-order valence-electron chi connectivity index (χ4n) is 2.96. The average molecular weight is 454 g/mol. The van der Waals surface area contributed by atoms with Gasteiger partial charge in [-0.3, -0.25) is 4.79 Å². The Hall–Kier alpha value is -2.12. The van der Waals surface area contributed by atoms with Crippen LogP contribution >= 0.6 is 23.2 Å². The summed E-state index contributed by atoms with van der Waals surface area (Å²) in [6.45, 7) is 3.34. The lowest BCUT2D eigenvalue weighted by atomic mass is 9.95. The van der Waals surface area contributed by atoms with Crippen LogP contribution < -0.4 is 5.32 Å². The predicted octanol–water partition coefficient (Wildman–Crippen LogP) is 3.38. The third kappa shape index (κ3) is 6.71. The minimum atomic E-state index is -1.76. The SMILES string of the molecule is CCOC(=O)[C@H](O)[C@@H](O)[C@H](Cc1ccc(-c2cc(Cl)cc(Cl)c2)cc1)NC(=O)CC. The van der Waals surface area contributed by atoms with Crippen LogP contribution in [0.1, 0.15) is 25.8 Å². The monoisotopic (exact) mass is 453 g/mol. The van der Waals surface area contributed by atoms with E-state index in [-0.39, 0.29) is 25.4 Å². The standard InChI is InChI=1S/C22H25Cl2NO5/c1-3-19(26)25-18(20(27)21(28)22(29)30-4-2)9-13-5-7-14(8-6-13)15-10-16(23)12-17(24)11-15/h5-8,10-12,18,20-21,27-28H,3-4,9H2,1-2H3,(H,25,26)/t18-,20-,21+/m0/s1. The van der Waals surface area contributed by atoms with Gasteiger partial charge < -0.3 is 20.3 Å². The van der Waals surface area contributed by atoms with E-state index in [0.29, 0.717) is 10.0 Å². The molecule has 0 saturated heterocycles. The molecule has 3 atom stereocenters. The highest BCUT2D eigenvalue weighted by Gasteiger charge is 2.33. The molecule has 3 N–H and O–H groups in total. The molecule has 162 valence electrons. The first-order chi connectivity index (χ1) is 14.2. The third-order valence-corrected chi connectivity index (χ3v) is 4.97. The highest BCUT2D eigenvalue weighted by Crippen LogP contribution is 2.27. The van der Waals surface area contributed by atoms with Gasteiger partial charge >= 0.3 is 5.97 Å². The number of amides is 1. The third-order valence-electron chi connectivity index (χ3n) is 4.54. The van der Waals surface area contributed by atoms with E-state index in [1.165, 1.54) is 0 Å². The number of benzene rings is 2. The van der Waals surface area contributed by atoms with Gasteiger partial charge in [0.1, 0.15) is 6.10 Å². The number of hydrogen-bond acceptors (Lipinski definition) is 5. The average Bonchev–Trinajstić information content (AvgIpc) is 2.72. The fourth-order valence-corrected chi connectivity index (χ4v) is 3.49. The van der Waals surface area contributed by atoms with Gasteiger partial charge in [-0.1, -0.05) is 54.4 Å². The van der Waals surface area contributed by atoms with Crippen LogP contribution in [0.5, 0.6) is 0 Å². The molecule has 8 heteroatoms. The number of aliphatic hydroxyl groups is 2. The van der Waals surface area contributed by atoms with Crippen LogP contribution in [0.3, 0.4) is 0 Å². The predicted molar refractivity (Wildman–Crippen MR) is 116 cm³/mol. The number of carbonyl (C=O) groups is 2. The number of rotatable bonds is 9. The van der Waals surface area contributed by atoms with Crippen LogP contribution in [0, 0.1) is 0 Å². The lowest BCUT2D eigenvalue weighted by molar-refractivity contribution is -0.160. The normalized spacial score (nSPS) is 13.9. The molecule has 0 unspecified atom stereocenters. The van der Waals surface area contributed by atoms with Crippen LogP contribution in [0.2, 0.25) is 10.0 Å². The van der Waals surface area contributed by atoms with Crippen LogP contribution in [-0.4, -0.2) is 46.9 Å². The highest BCUT2D eigenvalue weighted by molar-refractivity contribution is 6.35. The van der Waals surface area contributed by atoms with Gasteiger partial charge in [0.25, 0.3) is 0 Å². The highest BCUT2D eigenvalue weighted by atomic mass is 35.5. The minimum absolute atomic E-state index is 0.0730. The smallest absolute Gasteiger partial charge is 0.337 e. The molecule has 1 amide bonds. The summed E-state index contributed by atoms with van der Waals surface area (Å²) >= 11 is 12.1. The van der Waals surface area contributed by atoms with Gasteiger partial charge in [-0.2, -0.15) is 0 Å². The number of ether oxygens (including phenoxy) is 1. The van der Waals surface area contributed by atoms with Crippen molar-refractivity contribution >= 4 is 35.1 Å². The summed E-state index contributed by atoms with van der Waals surface area (Å²) in [6.07, 6.45) is -2.88. The first-order valence-corrected chi connectivity index (χ1v) is 10.4. The van der Waals surface area contributed by atoms with Crippen molar-refractivity contribution in [2.75, 3.05) is 6.61 Å². The van der Waals surface area contributed by atoms with Crippen molar-refractivity contribution in [2.24, 2.45) is 0 Å². The number of nitrogens with one attached hydrogen (secondary N) is 1. The van der Waals surface area contributed by atoms with Gasteiger partial charge in [-0.15, -0.1) is 0 Å². The zero-order chi connectivity index (χ0) is 22.3. The molecule has 2 aromatic rings. The van der Waals surface area contributed by atoms with E-state index in [0.717, 1.165) is 16.7 Å². The number of esters is 1. The summed E-state index contributed by atoms with van der Waals surface area (Å²) in [5.74, 6) is -1.24. The molecule has 0 aliphatic carbocycles. The Morgan fingerprint density at radius 2 is 1.60 bits per heavy atom. The molecule has 0 bridgehead atoms. The summed E-state index contributed by atoms with van der Waals surface area (Å²) < 4.78 is 4.76. The number of halogens is 2. The molecule has 6 nitrogen and oxygen atoms in total. The molecule has 0 aliphatic heterocycles. The Morgan fingerprint density at radius 3 is 2.13 bits per heavy atom. The van der Waals surface area contributed by atoms with Crippen molar-refractivity contribution in [3.8, 4) is 11.1 Å².